The molecule has 2 N–H and O–H groups in total. The fraction of sp³-hybridized carbons (Fsp3) is 0.591. The molecule has 4 fully saturated rings. The van der Waals surface area contributed by atoms with Crippen molar-refractivity contribution in [3.8, 4) is 0 Å². The van der Waals surface area contributed by atoms with Gasteiger partial charge in [0.15, 0.2) is 0 Å². The van der Waals surface area contributed by atoms with Crippen molar-refractivity contribution in [2.24, 2.45) is 17.8 Å². The van der Waals surface area contributed by atoms with Crippen LogP contribution in [0.5, 0.6) is 0 Å². The van der Waals surface area contributed by atoms with E-state index in [0.717, 1.165) is 34.4 Å². The van der Waals surface area contributed by atoms with Gasteiger partial charge in [0, 0.05) is 29.6 Å². The molecule has 1 amide bonds. The van der Waals surface area contributed by atoms with E-state index in [1.165, 1.54) is 38.5 Å². The number of hydrogen-bond acceptors (Lipinski definition) is 2. The Bertz CT molecular complexity index is 802. The highest BCUT2D eigenvalue weighted by molar-refractivity contribution is 5.99. The molecule has 0 radical (unpaired) electrons. The molecule has 0 aliphatic heterocycles. The van der Waals surface area contributed by atoms with E-state index in [0.29, 0.717) is 13.0 Å². The Hall–Kier alpha value is -1.81. The molecule has 1 aromatic carbocycles. The Morgan fingerprint density at radius 2 is 1.77 bits per heavy atom. The highest BCUT2D eigenvalue weighted by Gasteiger charge is 2.51. The van der Waals surface area contributed by atoms with Gasteiger partial charge in [-0.3, -0.25) is 4.79 Å². The first-order chi connectivity index (χ1) is 12.7. The smallest absolute Gasteiger partial charge is 0.268 e. The molecule has 0 saturated heterocycles. The number of aryl methyl sites for hydroxylation is 1. The topological polar surface area (TPSA) is 54.3 Å². The number of fused-ring (bicyclic) bond motifs is 1. The number of aromatic nitrogens is 1. The fourth-order valence-electron chi connectivity index (χ4n) is 6.44. The largest absolute Gasteiger partial charge is 0.396 e. The van der Waals surface area contributed by atoms with Crippen molar-refractivity contribution in [3.05, 3.63) is 36.0 Å². The van der Waals surface area contributed by atoms with Crippen molar-refractivity contribution in [1.29, 1.82) is 0 Å². The third kappa shape index (κ3) is 2.66. The van der Waals surface area contributed by atoms with Crippen LogP contribution in [0.4, 0.5) is 0 Å². The van der Waals surface area contributed by atoms with Crippen molar-refractivity contribution in [1.82, 2.24) is 9.88 Å². The van der Waals surface area contributed by atoms with Gasteiger partial charge in [0.25, 0.3) is 5.91 Å². The van der Waals surface area contributed by atoms with Crippen LogP contribution in [-0.4, -0.2) is 27.7 Å². The van der Waals surface area contributed by atoms with E-state index in [1.54, 1.807) is 0 Å². The number of carbonyl (C=O) groups excluding carboxylic acids is 1. The average Bonchev–Trinajstić information content (AvgIpc) is 2.97. The minimum atomic E-state index is 0.0318. The van der Waals surface area contributed by atoms with Gasteiger partial charge in [0.1, 0.15) is 5.69 Å². The van der Waals surface area contributed by atoms with Gasteiger partial charge in [-0.1, -0.05) is 18.2 Å². The Labute approximate surface area is 154 Å². The molecule has 26 heavy (non-hydrogen) atoms. The summed E-state index contributed by atoms with van der Waals surface area (Å²) in [6, 6.07) is 10.2. The average molecular weight is 352 g/mol. The minimum absolute atomic E-state index is 0.0318. The lowest BCUT2D eigenvalue weighted by Crippen LogP contribution is -2.60. The predicted molar refractivity (Wildman–Crippen MR) is 102 cm³/mol. The summed E-state index contributed by atoms with van der Waals surface area (Å²) in [7, 11) is 0. The maximum absolute atomic E-state index is 13.3. The van der Waals surface area contributed by atoms with Gasteiger partial charge in [-0.15, -0.1) is 0 Å². The van der Waals surface area contributed by atoms with E-state index in [4.69, 9.17) is 0 Å². The number of aliphatic hydroxyl groups excluding tert-OH is 1. The summed E-state index contributed by atoms with van der Waals surface area (Å²) in [6.45, 7) is 0.816. The quantitative estimate of drug-likeness (QED) is 0.862. The van der Waals surface area contributed by atoms with Crippen LogP contribution in [0, 0.1) is 17.8 Å². The fourth-order valence-corrected chi connectivity index (χ4v) is 6.44. The summed E-state index contributed by atoms with van der Waals surface area (Å²) < 4.78 is 2.08. The molecule has 4 saturated carbocycles. The zero-order valence-electron chi connectivity index (χ0n) is 15.3. The van der Waals surface area contributed by atoms with Crippen molar-refractivity contribution in [3.63, 3.8) is 0 Å². The van der Waals surface area contributed by atoms with Crippen LogP contribution in [0.15, 0.2) is 30.3 Å². The number of carbonyl (C=O) groups is 1. The van der Waals surface area contributed by atoms with Gasteiger partial charge in [0.05, 0.1) is 0 Å². The highest BCUT2D eigenvalue weighted by Crippen LogP contribution is 2.55. The van der Waals surface area contributed by atoms with E-state index < -0.39 is 0 Å². The Kier molecular flexibility index (Phi) is 3.85. The number of amides is 1. The van der Waals surface area contributed by atoms with Crippen LogP contribution in [0.25, 0.3) is 10.9 Å². The monoisotopic (exact) mass is 352 g/mol. The molecule has 2 aromatic rings. The van der Waals surface area contributed by atoms with Crippen molar-refractivity contribution in [2.75, 3.05) is 6.61 Å². The molecule has 4 heteroatoms. The second kappa shape index (κ2) is 6.12. The summed E-state index contributed by atoms with van der Waals surface area (Å²) in [6.07, 6.45) is 8.31. The molecule has 0 atom stereocenters. The number of rotatable bonds is 5. The molecule has 138 valence electrons. The van der Waals surface area contributed by atoms with Gasteiger partial charge in [-0.2, -0.15) is 0 Å². The Balaban J connectivity index is 1.45. The first-order valence-electron chi connectivity index (χ1n) is 10.2. The van der Waals surface area contributed by atoms with Crippen LogP contribution in [-0.2, 0) is 6.54 Å². The molecule has 4 bridgehead atoms. The van der Waals surface area contributed by atoms with Crippen molar-refractivity contribution >= 4 is 16.8 Å². The molecule has 0 unspecified atom stereocenters. The molecule has 6 rings (SSSR count). The Morgan fingerprint density at radius 3 is 2.42 bits per heavy atom. The number of hydrogen-bond donors (Lipinski definition) is 2. The van der Waals surface area contributed by atoms with E-state index in [2.05, 4.69) is 22.0 Å². The van der Waals surface area contributed by atoms with Crippen LogP contribution in [0.1, 0.15) is 55.4 Å². The normalized spacial score (nSPS) is 32.3. The van der Waals surface area contributed by atoms with Gasteiger partial charge in [0.2, 0.25) is 0 Å². The number of benzene rings is 1. The lowest BCUT2D eigenvalue weighted by molar-refractivity contribution is -0.0168. The van der Waals surface area contributed by atoms with Crippen LogP contribution in [0.3, 0.4) is 0 Å². The molecule has 4 aliphatic carbocycles. The number of para-hydroxylation sites is 1. The Morgan fingerprint density at radius 1 is 1.12 bits per heavy atom. The number of nitrogens with zero attached hydrogens (tertiary/aromatic N) is 1. The third-order valence-electron chi connectivity index (χ3n) is 7.00. The lowest BCUT2D eigenvalue weighted by Gasteiger charge is -2.56. The van der Waals surface area contributed by atoms with Gasteiger partial charge < -0.3 is 15.0 Å². The maximum Gasteiger partial charge on any atom is 0.268 e. The molecule has 1 aromatic heterocycles. The molecule has 4 aliphatic rings. The summed E-state index contributed by atoms with van der Waals surface area (Å²) in [5, 5.41) is 13.9. The SMILES string of the molecule is O=C(NC12CC3CC(CC(C3)C1)C2)c1cc2ccccc2n1CCCO. The van der Waals surface area contributed by atoms with Gasteiger partial charge in [-0.05, 0) is 74.8 Å². The highest BCUT2D eigenvalue weighted by atomic mass is 16.3. The van der Waals surface area contributed by atoms with Crippen molar-refractivity contribution < 1.29 is 9.90 Å². The molecule has 4 nitrogen and oxygen atoms in total. The summed E-state index contributed by atoms with van der Waals surface area (Å²) in [5.74, 6) is 2.53. The minimum Gasteiger partial charge on any atom is -0.396 e. The lowest BCUT2D eigenvalue weighted by atomic mass is 9.53. The van der Waals surface area contributed by atoms with E-state index in [9.17, 15) is 9.90 Å². The summed E-state index contributed by atoms with van der Waals surface area (Å²) in [5.41, 5.74) is 1.86. The second-order valence-electron chi connectivity index (χ2n) is 8.97. The zero-order valence-corrected chi connectivity index (χ0v) is 15.3. The van der Waals surface area contributed by atoms with Crippen LogP contribution in [0.2, 0.25) is 0 Å². The first-order valence-corrected chi connectivity index (χ1v) is 10.2. The standard InChI is InChI=1S/C22H28N2O2/c25-7-3-6-24-19-5-2-1-4-18(19)11-20(24)21(26)23-22-12-15-8-16(13-22)10-17(9-15)14-22/h1-2,4-5,11,15-17,25H,3,6-10,12-14H2,(H,23,26). The third-order valence-corrected chi connectivity index (χ3v) is 7.00. The van der Waals surface area contributed by atoms with E-state index >= 15 is 0 Å². The van der Waals surface area contributed by atoms with Gasteiger partial charge in [-0.25, -0.2) is 0 Å². The second-order valence-corrected chi connectivity index (χ2v) is 8.97. The zero-order chi connectivity index (χ0) is 17.7. The maximum atomic E-state index is 13.3. The van der Waals surface area contributed by atoms with E-state index in [-0.39, 0.29) is 18.1 Å². The summed E-state index contributed by atoms with van der Waals surface area (Å²) >= 11 is 0. The van der Waals surface area contributed by atoms with E-state index in [1.807, 2.05) is 18.2 Å². The number of aliphatic hydroxyl groups is 1. The van der Waals surface area contributed by atoms with Gasteiger partial charge >= 0.3 is 0 Å². The van der Waals surface area contributed by atoms with Crippen LogP contribution < -0.4 is 5.32 Å². The van der Waals surface area contributed by atoms with Crippen LogP contribution >= 0.6 is 0 Å². The predicted octanol–water partition coefficient (Wildman–Crippen LogP) is 3.72. The number of nitrogens with one attached hydrogen (secondary N) is 1. The molecule has 0 spiro atoms. The molecular weight excluding hydrogens is 324 g/mol. The molecular formula is C22H28N2O2. The summed E-state index contributed by atoms with van der Waals surface area (Å²) in [4.78, 5) is 13.3. The first kappa shape index (κ1) is 16.4. The molecule has 1 heterocycles. The van der Waals surface area contributed by atoms with Crippen molar-refractivity contribution in [2.45, 2.75) is 57.0 Å².